The van der Waals surface area contributed by atoms with Gasteiger partial charge in [-0.1, -0.05) is 36.4 Å². The van der Waals surface area contributed by atoms with Crippen LogP contribution in [0.4, 0.5) is 15.3 Å². The van der Waals surface area contributed by atoms with Gasteiger partial charge in [0.2, 0.25) is 5.91 Å². The van der Waals surface area contributed by atoms with Gasteiger partial charge < -0.3 is 15.4 Å². The molecule has 9 nitrogen and oxygen atoms in total. The molecular formula is C20H18N4O5. The first kappa shape index (κ1) is 18.5. The van der Waals surface area contributed by atoms with Gasteiger partial charge in [-0.3, -0.25) is 19.8 Å². The second-order valence-corrected chi connectivity index (χ2v) is 6.69. The third kappa shape index (κ3) is 3.38. The normalized spacial score (nSPS) is 19.9. The summed E-state index contributed by atoms with van der Waals surface area (Å²) in [6.45, 7) is -0.319. The van der Waals surface area contributed by atoms with E-state index in [1.54, 1.807) is 54.6 Å². The molecule has 2 aliphatic rings. The van der Waals surface area contributed by atoms with Gasteiger partial charge in [0.15, 0.2) is 5.54 Å². The number of anilines is 1. The molecule has 4 rings (SSSR count). The van der Waals surface area contributed by atoms with Crippen molar-refractivity contribution in [3.05, 3.63) is 60.2 Å². The molecule has 1 saturated heterocycles. The standard InChI is InChI=1S/C20H18N4O5/c25-16(22-18(27)21-13-6-2-1-3-7-13)12-24-17(26)20(23-19(24)28)10-11-29-15-9-5-4-8-14(15)20/h1-9H,10-12H2,(H,23,28)(H2,21,22,25,27). The lowest BCUT2D eigenvalue weighted by Crippen LogP contribution is -2.48. The quantitative estimate of drug-likeness (QED) is 0.683. The maximum atomic E-state index is 13.1. The van der Waals surface area contributed by atoms with E-state index in [-0.39, 0.29) is 13.0 Å². The Bertz CT molecular complexity index is 993. The number of ether oxygens (including phenoxy) is 1. The predicted octanol–water partition coefficient (Wildman–Crippen LogP) is 1.56. The number of amides is 6. The number of imide groups is 2. The molecule has 148 valence electrons. The molecule has 1 fully saturated rings. The SMILES string of the molecule is O=C(CN1C(=O)NC2(CCOc3ccccc32)C1=O)NC(=O)Nc1ccccc1. The zero-order valence-corrected chi connectivity index (χ0v) is 15.3. The summed E-state index contributed by atoms with van der Waals surface area (Å²) in [5.41, 5.74) is -0.210. The average Bonchev–Trinajstić information content (AvgIpc) is 2.94. The van der Waals surface area contributed by atoms with Crippen molar-refractivity contribution in [2.24, 2.45) is 0 Å². The van der Waals surface area contributed by atoms with Gasteiger partial charge >= 0.3 is 12.1 Å². The van der Waals surface area contributed by atoms with Crippen LogP contribution in [0.2, 0.25) is 0 Å². The van der Waals surface area contributed by atoms with E-state index in [9.17, 15) is 19.2 Å². The summed E-state index contributed by atoms with van der Waals surface area (Å²) in [5.74, 6) is -0.808. The van der Waals surface area contributed by atoms with E-state index in [4.69, 9.17) is 4.74 Å². The van der Waals surface area contributed by atoms with Gasteiger partial charge in [0, 0.05) is 17.7 Å². The first-order valence-electron chi connectivity index (χ1n) is 9.02. The minimum atomic E-state index is -1.27. The number of hydrogen-bond acceptors (Lipinski definition) is 5. The zero-order valence-electron chi connectivity index (χ0n) is 15.3. The van der Waals surface area contributed by atoms with Crippen LogP contribution < -0.4 is 20.7 Å². The van der Waals surface area contributed by atoms with Crippen molar-refractivity contribution < 1.29 is 23.9 Å². The molecule has 2 aromatic carbocycles. The van der Waals surface area contributed by atoms with E-state index in [1.807, 2.05) is 0 Å². The molecule has 2 aliphatic heterocycles. The van der Waals surface area contributed by atoms with Crippen LogP contribution in [-0.2, 0) is 15.1 Å². The number of nitrogens with one attached hydrogen (secondary N) is 3. The minimum absolute atomic E-state index is 0.251. The van der Waals surface area contributed by atoms with E-state index in [0.717, 1.165) is 4.90 Å². The Morgan fingerprint density at radius 2 is 1.79 bits per heavy atom. The number of hydrogen-bond donors (Lipinski definition) is 3. The lowest BCUT2D eigenvalue weighted by atomic mass is 9.84. The Morgan fingerprint density at radius 3 is 2.59 bits per heavy atom. The number of fused-ring (bicyclic) bond motifs is 2. The molecule has 0 bridgehead atoms. The number of nitrogens with zero attached hydrogens (tertiary/aromatic N) is 1. The highest BCUT2D eigenvalue weighted by Gasteiger charge is 2.55. The van der Waals surface area contributed by atoms with E-state index >= 15 is 0 Å². The second-order valence-electron chi connectivity index (χ2n) is 6.69. The van der Waals surface area contributed by atoms with Crippen LogP contribution in [0.3, 0.4) is 0 Å². The van der Waals surface area contributed by atoms with Crippen LogP contribution in [0, 0.1) is 0 Å². The van der Waals surface area contributed by atoms with E-state index in [2.05, 4.69) is 16.0 Å². The van der Waals surface area contributed by atoms with Gasteiger partial charge in [0.05, 0.1) is 6.61 Å². The molecule has 29 heavy (non-hydrogen) atoms. The topological polar surface area (TPSA) is 117 Å². The zero-order chi connectivity index (χ0) is 20.4. The number of carbonyl (C=O) groups is 4. The first-order valence-corrected chi connectivity index (χ1v) is 9.02. The van der Waals surface area contributed by atoms with Gasteiger partial charge in [-0.2, -0.15) is 0 Å². The van der Waals surface area contributed by atoms with Crippen molar-refractivity contribution >= 4 is 29.6 Å². The maximum Gasteiger partial charge on any atom is 0.325 e. The number of benzene rings is 2. The minimum Gasteiger partial charge on any atom is -0.493 e. The monoisotopic (exact) mass is 394 g/mol. The lowest BCUT2D eigenvalue weighted by Gasteiger charge is -2.33. The molecule has 2 aromatic rings. The summed E-state index contributed by atoms with van der Waals surface area (Å²) in [7, 11) is 0. The highest BCUT2D eigenvalue weighted by molar-refractivity contribution is 6.11. The molecule has 1 unspecified atom stereocenters. The summed E-state index contributed by atoms with van der Waals surface area (Å²) in [6, 6.07) is 14.1. The van der Waals surface area contributed by atoms with Crippen LogP contribution in [0.25, 0.3) is 0 Å². The van der Waals surface area contributed by atoms with Crippen molar-refractivity contribution in [3.8, 4) is 5.75 Å². The first-order chi connectivity index (χ1) is 14.0. The fraction of sp³-hybridized carbons (Fsp3) is 0.200. The molecule has 6 amide bonds. The van der Waals surface area contributed by atoms with Crippen LogP contribution in [-0.4, -0.2) is 41.9 Å². The summed E-state index contributed by atoms with van der Waals surface area (Å²) in [5, 5.41) is 7.32. The Kier molecular flexibility index (Phi) is 4.63. The number of para-hydroxylation sites is 2. The van der Waals surface area contributed by atoms with E-state index in [0.29, 0.717) is 17.0 Å². The molecule has 2 heterocycles. The number of urea groups is 2. The number of rotatable bonds is 3. The maximum absolute atomic E-state index is 13.1. The van der Waals surface area contributed by atoms with Crippen LogP contribution in [0.15, 0.2) is 54.6 Å². The fourth-order valence-electron chi connectivity index (χ4n) is 3.51. The molecule has 0 aliphatic carbocycles. The molecule has 0 aromatic heterocycles. The van der Waals surface area contributed by atoms with Crippen molar-refractivity contribution in [3.63, 3.8) is 0 Å². The molecule has 1 atom stereocenters. The highest BCUT2D eigenvalue weighted by atomic mass is 16.5. The van der Waals surface area contributed by atoms with Crippen molar-refractivity contribution in [2.75, 3.05) is 18.5 Å². The van der Waals surface area contributed by atoms with Gasteiger partial charge in [-0.25, -0.2) is 9.59 Å². The highest BCUT2D eigenvalue weighted by Crippen LogP contribution is 2.40. The van der Waals surface area contributed by atoms with Crippen molar-refractivity contribution in [2.45, 2.75) is 12.0 Å². The Morgan fingerprint density at radius 1 is 1.07 bits per heavy atom. The lowest BCUT2D eigenvalue weighted by molar-refractivity contribution is -0.135. The third-order valence-electron chi connectivity index (χ3n) is 4.84. The molecule has 0 radical (unpaired) electrons. The molecule has 3 N–H and O–H groups in total. The smallest absolute Gasteiger partial charge is 0.325 e. The van der Waals surface area contributed by atoms with E-state index in [1.165, 1.54) is 0 Å². The predicted molar refractivity (Wildman–Crippen MR) is 102 cm³/mol. The van der Waals surface area contributed by atoms with Crippen LogP contribution in [0.1, 0.15) is 12.0 Å². The Labute approximate surface area is 166 Å². The van der Waals surface area contributed by atoms with Crippen LogP contribution in [0.5, 0.6) is 5.75 Å². The average molecular weight is 394 g/mol. The van der Waals surface area contributed by atoms with Crippen molar-refractivity contribution in [1.29, 1.82) is 0 Å². The van der Waals surface area contributed by atoms with Gasteiger partial charge in [0.25, 0.3) is 5.91 Å². The van der Waals surface area contributed by atoms with Crippen LogP contribution >= 0.6 is 0 Å². The van der Waals surface area contributed by atoms with Gasteiger partial charge in [0.1, 0.15) is 12.3 Å². The number of carbonyl (C=O) groups excluding carboxylic acids is 4. The Balaban J connectivity index is 1.45. The third-order valence-corrected chi connectivity index (χ3v) is 4.84. The molecule has 9 heteroatoms. The Hall–Kier alpha value is -3.88. The van der Waals surface area contributed by atoms with E-state index < -0.39 is 36.0 Å². The summed E-state index contributed by atoms with van der Waals surface area (Å²) in [6.07, 6.45) is 0.251. The summed E-state index contributed by atoms with van der Waals surface area (Å²) >= 11 is 0. The summed E-state index contributed by atoms with van der Waals surface area (Å²) < 4.78 is 5.57. The van der Waals surface area contributed by atoms with Gasteiger partial charge in [-0.05, 0) is 18.2 Å². The largest absolute Gasteiger partial charge is 0.493 e. The summed E-state index contributed by atoms with van der Waals surface area (Å²) in [4.78, 5) is 50.5. The molecule has 1 spiro atoms. The van der Waals surface area contributed by atoms with Crippen molar-refractivity contribution in [1.82, 2.24) is 15.5 Å². The van der Waals surface area contributed by atoms with Gasteiger partial charge in [-0.15, -0.1) is 0 Å². The second kappa shape index (κ2) is 7.27. The fourth-order valence-corrected chi connectivity index (χ4v) is 3.51. The molecular weight excluding hydrogens is 376 g/mol. The molecule has 0 saturated carbocycles.